The van der Waals surface area contributed by atoms with Crippen LogP contribution in [0, 0.1) is 0 Å². The lowest BCUT2D eigenvalue weighted by Gasteiger charge is -2.14. The Morgan fingerprint density at radius 1 is 0.963 bits per heavy atom. The van der Waals surface area contributed by atoms with Gasteiger partial charge in [-0.2, -0.15) is 0 Å². The van der Waals surface area contributed by atoms with Crippen LogP contribution in [-0.2, 0) is 11.3 Å². The number of benzene rings is 3. The molecule has 0 spiro atoms. The summed E-state index contributed by atoms with van der Waals surface area (Å²) in [7, 11) is 0. The van der Waals surface area contributed by atoms with E-state index in [1.807, 2.05) is 73.0 Å². The average Bonchev–Trinajstić information content (AvgIpc) is 2.96. The van der Waals surface area contributed by atoms with Gasteiger partial charge in [0.1, 0.15) is 0 Å². The number of carbonyl (C=O) groups is 2. The van der Waals surface area contributed by atoms with Gasteiger partial charge in [-0.3, -0.25) is 14.5 Å². The van der Waals surface area contributed by atoms with Crippen LogP contribution in [0.5, 0.6) is 0 Å². The zero-order valence-electron chi connectivity index (χ0n) is 14.7. The first-order chi connectivity index (χ1) is 13.2. The van der Waals surface area contributed by atoms with E-state index in [-0.39, 0.29) is 17.7 Å². The predicted molar refractivity (Wildman–Crippen MR) is 114 cm³/mol. The molecule has 5 heteroatoms. The summed E-state index contributed by atoms with van der Waals surface area (Å²) in [6, 6.07) is 21.9. The van der Waals surface area contributed by atoms with E-state index < -0.39 is 0 Å². The molecular weight excluding hydrogens is 374 g/mol. The number of rotatable bonds is 4. The van der Waals surface area contributed by atoms with Crippen LogP contribution in [0.1, 0.15) is 11.1 Å². The highest BCUT2D eigenvalue weighted by Crippen LogP contribution is 2.34. The van der Waals surface area contributed by atoms with E-state index in [0.29, 0.717) is 4.91 Å². The van der Waals surface area contributed by atoms with Crippen LogP contribution >= 0.6 is 23.5 Å². The van der Waals surface area contributed by atoms with E-state index in [0.717, 1.165) is 38.6 Å². The van der Waals surface area contributed by atoms with Crippen LogP contribution in [0.4, 0.5) is 4.79 Å². The van der Waals surface area contributed by atoms with Crippen LogP contribution in [0.25, 0.3) is 16.8 Å². The summed E-state index contributed by atoms with van der Waals surface area (Å²) in [5.74, 6) is -0.230. The summed E-state index contributed by atoms with van der Waals surface area (Å²) < 4.78 is 0. The lowest BCUT2D eigenvalue weighted by Crippen LogP contribution is -2.27. The van der Waals surface area contributed by atoms with Gasteiger partial charge < -0.3 is 0 Å². The van der Waals surface area contributed by atoms with E-state index in [9.17, 15) is 9.59 Å². The lowest BCUT2D eigenvalue weighted by atomic mass is 10.0. The molecule has 1 fully saturated rings. The number of nitrogens with zero attached hydrogens (tertiary/aromatic N) is 1. The van der Waals surface area contributed by atoms with Crippen LogP contribution in [0.2, 0.25) is 0 Å². The molecule has 3 aromatic carbocycles. The molecule has 0 aromatic heterocycles. The van der Waals surface area contributed by atoms with Crippen molar-refractivity contribution in [1.29, 1.82) is 0 Å². The number of carbonyl (C=O) groups excluding carboxylic acids is 2. The van der Waals surface area contributed by atoms with Crippen molar-refractivity contribution in [2.45, 2.75) is 11.4 Å². The number of hydrogen-bond acceptors (Lipinski definition) is 4. The van der Waals surface area contributed by atoms with E-state index in [4.69, 9.17) is 0 Å². The van der Waals surface area contributed by atoms with Gasteiger partial charge in [0.15, 0.2) is 0 Å². The summed E-state index contributed by atoms with van der Waals surface area (Å²) in [6.07, 6.45) is 3.81. The quantitative estimate of drug-likeness (QED) is 0.416. The molecule has 3 aromatic rings. The highest BCUT2D eigenvalue weighted by molar-refractivity contribution is 8.18. The summed E-state index contributed by atoms with van der Waals surface area (Å²) in [6.45, 7) is 0.286. The number of imide groups is 1. The van der Waals surface area contributed by atoms with Gasteiger partial charge in [-0.25, -0.2) is 0 Å². The molecule has 1 heterocycles. The molecule has 3 nitrogen and oxygen atoms in total. The number of hydrogen-bond donors (Lipinski definition) is 0. The molecule has 0 aliphatic carbocycles. The highest BCUT2D eigenvalue weighted by Gasteiger charge is 2.35. The second-order valence-corrected chi connectivity index (χ2v) is 8.05. The number of thioether (sulfide) groups is 2. The Morgan fingerprint density at radius 2 is 1.70 bits per heavy atom. The summed E-state index contributed by atoms with van der Waals surface area (Å²) in [5, 5.41) is 1.95. The van der Waals surface area contributed by atoms with Gasteiger partial charge >= 0.3 is 0 Å². The van der Waals surface area contributed by atoms with Crippen molar-refractivity contribution in [1.82, 2.24) is 4.90 Å². The molecule has 1 aliphatic heterocycles. The first-order valence-electron chi connectivity index (χ1n) is 8.52. The van der Waals surface area contributed by atoms with Crippen molar-refractivity contribution in [3.05, 3.63) is 82.8 Å². The van der Waals surface area contributed by atoms with Gasteiger partial charge in [-0.05, 0) is 58.1 Å². The fraction of sp³-hybridized carbons (Fsp3) is 0.0909. The van der Waals surface area contributed by atoms with E-state index in [1.165, 1.54) is 4.90 Å². The van der Waals surface area contributed by atoms with Crippen LogP contribution in [-0.4, -0.2) is 22.3 Å². The molecule has 0 saturated carbocycles. The van der Waals surface area contributed by atoms with Gasteiger partial charge in [0, 0.05) is 4.90 Å². The van der Waals surface area contributed by atoms with Gasteiger partial charge in [-0.1, -0.05) is 54.6 Å². The second kappa shape index (κ2) is 7.62. The van der Waals surface area contributed by atoms with Crippen molar-refractivity contribution in [3.63, 3.8) is 0 Å². The Labute approximate surface area is 166 Å². The maximum atomic E-state index is 12.8. The Hall–Kier alpha value is -2.50. The topological polar surface area (TPSA) is 37.4 Å². The fourth-order valence-electron chi connectivity index (χ4n) is 3.09. The molecule has 1 aliphatic rings. The zero-order valence-corrected chi connectivity index (χ0v) is 16.3. The van der Waals surface area contributed by atoms with Crippen molar-refractivity contribution >= 4 is 51.5 Å². The van der Waals surface area contributed by atoms with Gasteiger partial charge in [0.25, 0.3) is 11.1 Å². The maximum Gasteiger partial charge on any atom is 0.293 e. The Kier molecular flexibility index (Phi) is 5.05. The highest BCUT2D eigenvalue weighted by atomic mass is 32.2. The molecule has 0 atom stereocenters. The smallest absolute Gasteiger partial charge is 0.268 e. The molecule has 27 heavy (non-hydrogen) atoms. The fourth-order valence-corrected chi connectivity index (χ4v) is 4.34. The van der Waals surface area contributed by atoms with Crippen molar-refractivity contribution < 1.29 is 9.59 Å². The van der Waals surface area contributed by atoms with Crippen molar-refractivity contribution in [2.75, 3.05) is 6.26 Å². The van der Waals surface area contributed by atoms with Crippen molar-refractivity contribution in [3.8, 4) is 0 Å². The Bertz CT molecular complexity index is 1050. The number of amides is 2. The van der Waals surface area contributed by atoms with Crippen LogP contribution in [0.15, 0.2) is 76.5 Å². The second-order valence-electron chi connectivity index (χ2n) is 6.18. The minimum atomic E-state index is -0.230. The van der Waals surface area contributed by atoms with E-state index in [2.05, 4.69) is 0 Å². The molecule has 2 amide bonds. The summed E-state index contributed by atoms with van der Waals surface area (Å²) in [4.78, 5) is 28.2. The molecular formula is C22H17NO2S2. The van der Waals surface area contributed by atoms with Crippen molar-refractivity contribution in [2.24, 2.45) is 0 Å². The van der Waals surface area contributed by atoms with E-state index >= 15 is 0 Å². The predicted octanol–water partition coefficient (Wildman–Crippen LogP) is 5.80. The zero-order chi connectivity index (χ0) is 18.8. The summed E-state index contributed by atoms with van der Waals surface area (Å²) >= 11 is 2.67. The molecule has 1 saturated heterocycles. The minimum absolute atomic E-state index is 0.222. The third-order valence-corrected chi connectivity index (χ3v) is 6.15. The first-order valence-corrected chi connectivity index (χ1v) is 10.6. The maximum absolute atomic E-state index is 12.8. The molecule has 0 radical (unpaired) electrons. The molecule has 0 unspecified atom stereocenters. The average molecular weight is 392 g/mol. The van der Waals surface area contributed by atoms with Gasteiger partial charge in [-0.15, -0.1) is 11.8 Å². The monoisotopic (exact) mass is 391 g/mol. The van der Waals surface area contributed by atoms with E-state index in [1.54, 1.807) is 17.8 Å². The van der Waals surface area contributed by atoms with Crippen LogP contribution in [0.3, 0.4) is 0 Å². The molecule has 0 N–H and O–H groups in total. The third-order valence-electron chi connectivity index (χ3n) is 4.50. The van der Waals surface area contributed by atoms with Gasteiger partial charge in [0.05, 0.1) is 11.4 Å². The lowest BCUT2D eigenvalue weighted by molar-refractivity contribution is -0.123. The van der Waals surface area contributed by atoms with Crippen LogP contribution < -0.4 is 0 Å². The SMILES string of the molecule is CSc1ccc(/C=C2\SC(=O)N(Cc3cccc4ccccc34)C2=O)cc1. The summed E-state index contributed by atoms with van der Waals surface area (Å²) in [5.41, 5.74) is 1.89. The van der Waals surface area contributed by atoms with Gasteiger partial charge in [0.2, 0.25) is 0 Å². The molecule has 134 valence electrons. The third kappa shape index (κ3) is 3.66. The Morgan fingerprint density at radius 3 is 2.48 bits per heavy atom. The largest absolute Gasteiger partial charge is 0.293 e. The standard InChI is InChI=1S/C22H17NO2S2/c1-26-18-11-9-15(10-12-18)13-20-21(24)23(22(25)27-20)14-17-7-4-6-16-5-2-3-8-19(16)17/h2-13H,14H2,1H3/b20-13-. The Balaban J connectivity index is 1.60. The first kappa shape index (κ1) is 17.9. The molecule has 4 rings (SSSR count). The number of fused-ring (bicyclic) bond motifs is 1. The molecule has 0 bridgehead atoms. The normalized spacial score (nSPS) is 15.9. The minimum Gasteiger partial charge on any atom is -0.268 e.